The minimum absolute atomic E-state index is 0.0415. The summed E-state index contributed by atoms with van der Waals surface area (Å²) in [6.07, 6.45) is 4.43. The smallest absolute Gasteiger partial charge is 0.229 e. The number of hydrogen-bond donors (Lipinski definition) is 1. The molecule has 0 spiro atoms. The molecule has 2 atom stereocenters. The predicted octanol–water partition coefficient (Wildman–Crippen LogP) is 5.29. The zero-order chi connectivity index (χ0) is 22.1. The third kappa shape index (κ3) is 3.68. The first-order valence-electron chi connectivity index (χ1n) is 11.3. The number of rotatable bonds is 7. The molecule has 2 aromatic heterocycles. The number of amides is 1. The van der Waals surface area contributed by atoms with Gasteiger partial charge < -0.3 is 5.32 Å². The lowest BCUT2D eigenvalue weighted by molar-refractivity contribution is -0.117. The van der Waals surface area contributed by atoms with Crippen molar-refractivity contribution in [3.8, 4) is 0 Å². The summed E-state index contributed by atoms with van der Waals surface area (Å²) in [5.74, 6) is 0.628. The van der Waals surface area contributed by atoms with E-state index in [4.69, 9.17) is 0 Å². The van der Waals surface area contributed by atoms with E-state index in [9.17, 15) is 4.79 Å². The van der Waals surface area contributed by atoms with Gasteiger partial charge in [0.2, 0.25) is 5.91 Å². The molecule has 1 fully saturated rings. The van der Waals surface area contributed by atoms with Crippen molar-refractivity contribution in [1.82, 2.24) is 14.8 Å². The van der Waals surface area contributed by atoms with Crippen LogP contribution < -0.4 is 5.32 Å². The molecule has 0 bridgehead atoms. The summed E-state index contributed by atoms with van der Waals surface area (Å²) in [6.45, 7) is 5.06. The van der Waals surface area contributed by atoms with Crippen LogP contribution in [0.3, 0.4) is 0 Å². The molecular weight excluding hydrogens is 396 g/mol. The van der Waals surface area contributed by atoms with Crippen LogP contribution in [0.4, 0.5) is 5.82 Å². The van der Waals surface area contributed by atoms with E-state index in [2.05, 4.69) is 76.4 Å². The van der Waals surface area contributed by atoms with Crippen molar-refractivity contribution in [2.45, 2.75) is 45.1 Å². The van der Waals surface area contributed by atoms with Crippen molar-refractivity contribution >= 4 is 22.6 Å². The number of benzene rings is 2. The van der Waals surface area contributed by atoms with Crippen LogP contribution in [-0.2, 0) is 23.2 Å². The van der Waals surface area contributed by atoms with Crippen molar-refractivity contribution in [2.75, 3.05) is 5.32 Å². The van der Waals surface area contributed by atoms with E-state index >= 15 is 0 Å². The molecular formula is C27H28N4O. The third-order valence-corrected chi connectivity index (χ3v) is 6.82. The second kappa shape index (κ2) is 8.23. The molecule has 5 nitrogen and oxygen atoms in total. The summed E-state index contributed by atoms with van der Waals surface area (Å²) in [5.41, 5.74) is 4.67. The van der Waals surface area contributed by atoms with Crippen LogP contribution in [0.15, 0.2) is 72.9 Å². The van der Waals surface area contributed by atoms with Gasteiger partial charge >= 0.3 is 0 Å². The molecule has 0 saturated heterocycles. The van der Waals surface area contributed by atoms with Gasteiger partial charge in [-0.05, 0) is 68.5 Å². The number of carbonyl (C=O) groups is 1. The Morgan fingerprint density at radius 1 is 1.12 bits per heavy atom. The van der Waals surface area contributed by atoms with Gasteiger partial charge in [0.25, 0.3) is 0 Å². The highest BCUT2D eigenvalue weighted by atomic mass is 16.2. The number of carbonyl (C=O) groups excluding carboxylic acids is 1. The molecule has 2 heterocycles. The maximum Gasteiger partial charge on any atom is 0.229 e. The average molecular weight is 425 g/mol. The summed E-state index contributed by atoms with van der Waals surface area (Å²) in [7, 11) is 0. The monoisotopic (exact) mass is 424 g/mol. The number of pyridine rings is 1. The van der Waals surface area contributed by atoms with Gasteiger partial charge in [-0.25, -0.2) is 4.98 Å². The third-order valence-electron chi connectivity index (χ3n) is 6.82. The Morgan fingerprint density at radius 2 is 1.94 bits per heavy atom. The van der Waals surface area contributed by atoms with E-state index in [-0.39, 0.29) is 17.2 Å². The van der Waals surface area contributed by atoms with E-state index in [0.29, 0.717) is 5.82 Å². The van der Waals surface area contributed by atoms with Crippen LogP contribution in [0.1, 0.15) is 36.6 Å². The molecule has 1 amide bonds. The molecule has 1 N–H and O–H groups in total. The Morgan fingerprint density at radius 3 is 2.69 bits per heavy atom. The molecule has 2 unspecified atom stereocenters. The Labute approximate surface area is 188 Å². The quantitative estimate of drug-likeness (QED) is 0.439. The largest absolute Gasteiger partial charge is 0.310 e. The van der Waals surface area contributed by atoms with E-state index in [1.807, 2.05) is 24.3 Å². The van der Waals surface area contributed by atoms with E-state index in [1.165, 1.54) is 22.0 Å². The maximum absolute atomic E-state index is 13.1. The van der Waals surface area contributed by atoms with Crippen LogP contribution in [0, 0.1) is 12.8 Å². The zero-order valence-corrected chi connectivity index (χ0v) is 18.6. The van der Waals surface area contributed by atoms with Crippen molar-refractivity contribution < 1.29 is 4.79 Å². The Hall–Kier alpha value is -3.47. The lowest BCUT2D eigenvalue weighted by Crippen LogP contribution is -2.22. The molecule has 0 radical (unpaired) electrons. The summed E-state index contributed by atoms with van der Waals surface area (Å²) in [5, 5.41) is 8.88. The number of aryl methyl sites for hydroxylation is 3. The van der Waals surface area contributed by atoms with Gasteiger partial charge in [0, 0.05) is 29.5 Å². The molecule has 5 heteroatoms. The number of hydrogen-bond acceptors (Lipinski definition) is 3. The van der Waals surface area contributed by atoms with Gasteiger partial charge in [-0.2, -0.15) is 5.10 Å². The molecule has 1 aliphatic rings. The summed E-state index contributed by atoms with van der Waals surface area (Å²) < 4.78 is 2.05. The van der Waals surface area contributed by atoms with Crippen molar-refractivity contribution in [3.63, 3.8) is 0 Å². The zero-order valence-electron chi connectivity index (χ0n) is 18.6. The topological polar surface area (TPSA) is 59.8 Å². The van der Waals surface area contributed by atoms with E-state index < -0.39 is 0 Å². The molecule has 4 aromatic rings. The standard InChI is InChI=1S/C27H28N4O/c1-3-31-24-13-12-20(17-22(24)19(2)30-31)14-15-27(21-9-5-4-6-10-21)18-23(27)26(32)29-25-11-7-8-16-28-25/h4-13,16-17,23H,3,14-15,18H2,1-2H3,(H,28,29,32). The van der Waals surface area contributed by atoms with Gasteiger partial charge in [0.05, 0.1) is 11.2 Å². The highest BCUT2D eigenvalue weighted by Crippen LogP contribution is 2.57. The Bertz CT molecular complexity index is 1250. The van der Waals surface area contributed by atoms with E-state index in [0.717, 1.165) is 31.5 Å². The first-order chi connectivity index (χ1) is 15.6. The lowest BCUT2D eigenvalue weighted by atomic mass is 9.86. The number of anilines is 1. The van der Waals surface area contributed by atoms with Gasteiger partial charge in [-0.15, -0.1) is 0 Å². The number of nitrogens with zero attached hydrogens (tertiary/aromatic N) is 3. The van der Waals surface area contributed by atoms with Gasteiger partial charge in [0.15, 0.2) is 0 Å². The summed E-state index contributed by atoms with van der Waals surface area (Å²) >= 11 is 0. The predicted molar refractivity (Wildman–Crippen MR) is 128 cm³/mol. The van der Waals surface area contributed by atoms with Crippen LogP contribution >= 0.6 is 0 Å². The van der Waals surface area contributed by atoms with Crippen LogP contribution in [0.2, 0.25) is 0 Å². The van der Waals surface area contributed by atoms with Crippen LogP contribution in [0.5, 0.6) is 0 Å². The molecule has 32 heavy (non-hydrogen) atoms. The highest BCUT2D eigenvalue weighted by Gasteiger charge is 2.58. The lowest BCUT2D eigenvalue weighted by Gasteiger charge is -2.18. The summed E-state index contributed by atoms with van der Waals surface area (Å²) in [6, 6.07) is 22.7. The fourth-order valence-electron chi connectivity index (χ4n) is 4.96. The number of fused-ring (bicyclic) bond motifs is 1. The fraction of sp³-hybridized carbons (Fsp3) is 0.296. The van der Waals surface area contributed by atoms with Crippen LogP contribution in [0.25, 0.3) is 10.9 Å². The molecule has 0 aliphatic heterocycles. The maximum atomic E-state index is 13.1. The van der Waals surface area contributed by atoms with Crippen molar-refractivity contribution in [2.24, 2.45) is 5.92 Å². The first kappa shape index (κ1) is 20.4. The number of aromatic nitrogens is 3. The van der Waals surface area contributed by atoms with Crippen molar-refractivity contribution in [1.29, 1.82) is 0 Å². The molecule has 162 valence electrons. The molecule has 1 aliphatic carbocycles. The Kier molecular flexibility index (Phi) is 5.25. The number of nitrogens with one attached hydrogen (secondary N) is 1. The first-order valence-corrected chi connectivity index (χ1v) is 11.3. The van der Waals surface area contributed by atoms with Gasteiger partial charge in [-0.3, -0.25) is 9.48 Å². The SMILES string of the molecule is CCn1nc(C)c2cc(CCC3(c4ccccc4)CC3C(=O)Nc3ccccn3)ccc21. The van der Waals surface area contributed by atoms with Crippen LogP contribution in [-0.4, -0.2) is 20.7 Å². The molecule has 2 aromatic carbocycles. The normalized spacial score (nSPS) is 19.8. The van der Waals surface area contributed by atoms with Gasteiger partial charge in [-0.1, -0.05) is 42.5 Å². The minimum atomic E-state index is -0.127. The second-order valence-electron chi connectivity index (χ2n) is 8.74. The fourth-order valence-corrected chi connectivity index (χ4v) is 4.96. The highest BCUT2D eigenvalue weighted by molar-refractivity contribution is 5.95. The minimum Gasteiger partial charge on any atom is -0.310 e. The van der Waals surface area contributed by atoms with E-state index in [1.54, 1.807) is 6.20 Å². The summed E-state index contributed by atoms with van der Waals surface area (Å²) in [4.78, 5) is 17.3. The second-order valence-corrected chi connectivity index (χ2v) is 8.74. The molecule has 1 saturated carbocycles. The average Bonchev–Trinajstić information content (AvgIpc) is 3.50. The van der Waals surface area contributed by atoms with Crippen molar-refractivity contribution in [3.05, 3.63) is 89.7 Å². The molecule has 5 rings (SSSR count). The Balaban J connectivity index is 1.38. The van der Waals surface area contributed by atoms with Gasteiger partial charge in [0.1, 0.15) is 5.82 Å².